The largest absolute Gasteiger partial charge is 0.394 e. The maximum atomic E-state index is 14.1. The highest BCUT2D eigenvalue weighted by atomic mass is 19.1. The van der Waals surface area contributed by atoms with Gasteiger partial charge in [-0.25, -0.2) is 4.39 Å². The third-order valence-corrected chi connectivity index (χ3v) is 12.2. The summed E-state index contributed by atoms with van der Waals surface area (Å²) in [5, 5.41) is 26.2. The zero-order valence-electron chi connectivity index (χ0n) is 31.1. The van der Waals surface area contributed by atoms with E-state index in [9.17, 15) is 19.4 Å². The van der Waals surface area contributed by atoms with E-state index >= 15 is 0 Å². The molecule has 1 amide bonds. The van der Waals surface area contributed by atoms with Gasteiger partial charge in [-0.2, -0.15) is 5.06 Å². The number of aliphatic hydroxyl groups excluding tert-OH is 2. The summed E-state index contributed by atoms with van der Waals surface area (Å²) in [5.41, 5.74) is 5.68. The highest BCUT2D eigenvalue weighted by molar-refractivity contribution is 5.83. The molecule has 2 bridgehead atoms. The molecule has 7 rings (SSSR count). The summed E-state index contributed by atoms with van der Waals surface area (Å²) in [4.78, 5) is 25.0. The Morgan fingerprint density at radius 3 is 2.41 bits per heavy atom. The number of nitrogens with one attached hydrogen (secondary N) is 1. The van der Waals surface area contributed by atoms with Crippen LogP contribution in [0, 0.1) is 34.9 Å². The van der Waals surface area contributed by atoms with Gasteiger partial charge in [0.2, 0.25) is 5.91 Å². The molecule has 3 aromatic rings. The first-order valence-electron chi connectivity index (χ1n) is 18.7. The maximum absolute atomic E-state index is 14.1. The molecule has 0 aromatic heterocycles. The number of nitrogens with zero attached hydrogens (tertiary/aromatic N) is 3. The van der Waals surface area contributed by atoms with Crippen molar-refractivity contribution in [3.8, 4) is 11.1 Å². The van der Waals surface area contributed by atoms with E-state index in [0.29, 0.717) is 36.3 Å². The maximum Gasteiger partial charge on any atom is 0.240 e. The molecule has 4 aliphatic rings. The van der Waals surface area contributed by atoms with Crippen LogP contribution in [-0.4, -0.2) is 89.1 Å². The van der Waals surface area contributed by atoms with Crippen LogP contribution in [0.3, 0.4) is 0 Å². The first-order valence-corrected chi connectivity index (χ1v) is 18.7. The van der Waals surface area contributed by atoms with Gasteiger partial charge in [-0.3, -0.25) is 14.5 Å². The van der Waals surface area contributed by atoms with Crippen molar-refractivity contribution in [2.75, 3.05) is 33.8 Å². The van der Waals surface area contributed by atoms with Crippen molar-refractivity contribution in [2.45, 2.75) is 84.5 Å². The molecule has 0 spiro atoms. The number of hydrogen-bond acceptors (Lipinski definition) is 7. The van der Waals surface area contributed by atoms with E-state index < -0.39 is 24.2 Å². The molecule has 3 aromatic carbocycles. The second-order valence-corrected chi connectivity index (χ2v) is 16.2. The van der Waals surface area contributed by atoms with Gasteiger partial charge < -0.3 is 20.4 Å². The lowest BCUT2D eigenvalue weighted by molar-refractivity contribution is -0.183. The van der Waals surface area contributed by atoms with Crippen LogP contribution in [0.15, 0.2) is 72.8 Å². The summed E-state index contributed by atoms with van der Waals surface area (Å²) < 4.78 is 13.7. The Balaban J connectivity index is 1.19. The first-order chi connectivity index (χ1) is 24.3. The van der Waals surface area contributed by atoms with Gasteiger partial charge in [-0.05, 0) is 97.0 Å². The fourth-order valence-corrected chi connectivity index (χ4v) is 9.11. The van der Waals surface area contributed by atoms with Gasteiger partial charge in [-0.15, -0.1) is 0 Å². The number of hydrogen-bond donors (Lipinski definition) is 3. The van der Waals surface area contributed by atoms with E-state index in [-0.39, 0.29) is 24.4 Å². The lowest BCUT2D eigenvalue weighted by Crippen LogP contribution is -2.62. The van der Waals surface area contributed by atoms with E-state index in [1.54, 1.807) is 12.0 Å². The van der Waals surface area contributed by atoms with Crippen LogP contribution >= 0.6 is 0 Å². The molecule has 1 saturated heterocycles. The molecule has 276 valence electrons. The Kier molecular flexibility index (Phi) is 11.7. The number of carbonyl (C=O) groups is 1. The Morgan fingerprint density at radius 1 is 1.02 bits per heavy atom. The molecule has 0 radical (unpaired) electrons. The summed E-state index contributed by atoms with van der Waals surface area (Å²) in [6.07, 6.45) is 0.676. The molecule has 51 heavy (non-hydrogen) atoms. The molecule has 3 aliphatic carbocycles. The van der Waals surface area contributed by atoms with Crippen molar-refractivity contribution >= 4 is 5.91 Å². The van der Waals surface area contributed by atoms with E-state index in [0.717, 1.165) is 48.3 Å². The Hall–Kier alpha value is -3.18. The van der Waals surface area contributed by atoms with Crippen molar-refractivity contribution in [2.24, 2.45) is 29.1 Å². The van der Waals surface area contributed by atoms with Gasteiger partial charge >= 0.3 is 0 Å². The van der Waals surface area contributed by atoms with Crippen molar-refractivity contribution in [1.29, 1.82) is 0 Å². The molecule has 8 atom stereocenters. The molecule has 0 unspecified atom stereocenters. The minimum Gasteiger partial charge on any atom is -0.394 e. The van der Waals surface area contributed by atoms with E-state index in [1.165, 1.54) is 24.1 Å². The third-order valence-electron chi connectivity index (χ3n) is 12.2. The average Bonchev–Trinajstić information content (AvgIpc) is 3.47. The number of amides is 1. The Labute approximate surface area is 303 Å². The lowest BCUT2D eigenvalue weighted by Gasteiger charge is -2.62. The van der Waals surface area contributed by atoms with Crippen LogP contribution in [-0.2, 0) is 29.3 Å². The number of carbonyl (C=O) groups excluding carboxylic acids is 1. The standard InChI is InChI=1S/C42H57FN4O4/c1-27-36-21-33(42(36,3)4)22-37(27)44-41(50)40-39(28(2)49)38(26-48)51-47(40)24-30-11-9-10-29(20-30)23-46(19-18-45(5)6)25-32-12-7-8-13-35(32)31-14-16-34(43)17-15-31/h7-17,20,27-28,33,36-40,48-49H,18-19,21-26H2,1-6H3,(H,44,50)/t27-,28-,33+,36-,37-,38-,39+,40-/m0/s1. The van der Waals surface area contributed by atoms with E-state index in [2.05, 4.69) is 74.2 Å². The van der Waals surface area contributed by atoms with E-state index in [1.807, 2.05) is 36.4 Å². The molecule has 3 N–H and O–H groups in total. The molecule has 1 heterocycles. The molecule has 8 nitrogen and oxygen atoms in total. The Morgan fingerprint density at radius 2 is 1.75 bits per heavy atom. The quantitative estimate of drug-likeness (QED) is 0.199. The van der Waals surface area contributed by atoms with Crippen LogP contribution in [0.5, 0.6) is 0 Å². The van der Waals surface area contributed by atoms with Crippen molar-refractivity contribution in [1.82, 2.24) is 20.2 Å². The van der Waals surface area contributed by atoms with Crippen molar-refractivity contribution in [3.05, 3.63) is 95.3 Å². The summed E-state index contributed by atoms with van der Waals surface area (Å²) >= 11 is 0. The second kappa shape index (κ2) is 15.8. The lowest BCUT2D eigenvalue weighted by atomic mass is 9.45. The average molecular weight is 701 g/mol. The molecule has 4 fully saturated rings. The summed E-state index contributed by atoms with van der Waals surface area (Å²) in [6.45, 7) is 11.9. The smallest absolute Gasteiger partial charge is 0.240 e. The minimum atomic E-state index is -0.839. The van der Waals surface area contributed by atoms with Crippen LogP contribution in [0.25, 0.3) is 11.1 Å². The zero-order valence-corrected chi connectivity index (χ0v) is 31.1. The summed E-state index contributed by atoms with van der Waals surface area (Å²) in [5.74, 6) is 0.617. The van der Waals surface area contributed by atoms with Crippen molar-refractivity contribution in [3.63, 3.8) is 0 Å². The second-order valence-electron chi connectivity index (χ2n) is 16.2. The highest BCUT2D eigenvalue weighted by Gasteiger charge is 2.57. The van der Waals surface area contributed by atoms with Crippen LogP contribution < -0.4 is 5.32 Å². The number of hydroxylamine groups is 2. The molecule has 9 heteroatoms. The number of fused-ring (bicyclic) bond motifs is 2. The molecule has 1 aliphatic heterocycles. The number of aliphatic hydroxyl groups is 2. The van der Waals surface area contributed by atoms with Crippen LogP contribution in [0.1, 0.15) is 57.2 Å². The van der Waals surface area contributed by atoms with Gasteiger partial charge in [0, 0.05) is 38.1 Å². The monoisotopic (exact) mass is 700 g/mol. The van der Waals surface area contributed by atoms with Crippen molar-refractivity contribution < 1.29 is 24.2 Å². The normalized spacial score (nSPS) is 27.8. The third kappa shape index (κ3) is 8.24. The number of likely N-dealkylation sites (N-methyl/N-ethyl adjacent to an activating group) is 1. The van der Waals surface area contributed by atoms with E-state index in [4.69, 9.17) is 4.84 Å². The fraction of sp³-hybridized carbons (Fsp3) is 0.548. The minimum absolute atomic E-state index is 0.0867. The SMILES string of the molecule is C[C@@H]1[C@@H](NC(=O)[C@@H]2[C@H]([C@H](C)O)[C@H](CO)ON2Cc2cccc(CN(CCN(C)C)Cc3ccccc3-c3ccc(F)cc3)c2)C[C@H]2C[C@@H]1C2(C)C. The highest BCUT2D eigenvalue weighted by Crippen LogP contribution is 2.61. The summed E-state index contributed by atoms with van der Waals surface area (Å²) in [7, 11) is 4.15. The number of halogens is 1. The summed E-state index contributed by atoms with van der Waals surface area (Å²) in [6, 6.07) is 22.7. The van der Waals surface area contributed by atoms with Gasteiger partial charge in [0.25, 0.3) is 0 Å². The van der Waals surface area contributed by atoms with Gasteiger partial charge in [0.1, 0.15) is 18.0 Å². The predicted octanol–water partition coefficient (Wildman–Crippen LogP) is 5.72. The zero-order chi connectivity index (χ0) is 36.4. The fourth-order valence-electron chi connectivity index (χ4n) is 9.11. The molecule has 3 saturated carbocycles. The van der Waals surface area contributed by atoms with Crippen LogP contribution in [0.2, 0.25) is 0 Å². The predicted molar refractivity (Wildman–Crippen MR) is 198 cm³/mol. The molecular formula is C42H57FN4O4. The van der Waals surface area contributed by atoms with Gasteiger partial charge in [0.15, 0.2) is 0 Å². The van der Waals surface area contributed by atoms with Gasteiger partial charge in [-0.1, -0.05) is 81.4 Å². The first kappa shape index (κ1) is 37.6. The van der Waals surface area contributed by atoms with Gasteiger partial charge in [0.05, 0.1) is 19.3 Å². The Bertz CT molecular complexity index is 1630. The molecular weight excluding hydrogens is 643 g/mol. The topological polar surface area (TPSA) is 88.5 Å². The number of benzene rings is 3. The number of rotatable bonds is 14. The van der Waals surface area contributed by atoms with Crippen LogP contribution in [0.4, 0.5) is 4.39 Å².